The minimum Gasteiger partial charge on any atom is -0.375 e. The summed E-state index contributed by atoms with van der Waals surface area (Å²) in [6.45, 7) is 0.431. The molecule has 2 rings (SSSR count). The van der Waals surface area contributed by atoms with E-state index in [4.69, 9.17) is 5.73 Å². The second-order valence-corrected chi connectivity index (χ2v) is 5.51. The number of benzene rings is 1. The van der Waals surface area contributed by atoms with E-state index in [0.29, 0.717) is 23.7 Å². The lowest BCUT2D eigenvalue weighted by Crippen LogP contribution is -2.31. The monoisotopic (exact) mass is 292 g/mol. The van der Waals surface area contributed by atoms with E-state index in [9.17, 15) is 14.9 Å². The molecular weight excluding hydrogens is 272 g/mol. The van der Waals surface area contributed by atoms with Gasteiger partial charge in [-0.1, -0.05) is 0 Å². The van der Waals surface area contributed by atoms with Crippen LogP contribution >= 0.6 is 0 Å². The van der Waals surface area contributed by atoms with Gasteiger partial charge < -0.3 is 16.0 Å². The number of nitrogens with one attached hydrogen (secondary N) is 1. The molecule has 1 aliphatic rings. The Balaban J connectivity index is 2.28. The van der Waals surface area contributed by atoms with Crippen molar-refractivity contribution in [3.05, 3.63) is 33.9 Å². The van der Waals surface area contributed by atoms with E-state index in [2.05, 4.69) is 5.32 Å². The minimum atomic E-state index is -0.477. The smallest absolute Gasteiger partial charge is 0.293 e. The molecule has 3 N–H and O–H groups in total. The summed E-state index contributed by atoms with van der Waals surface area (Å²) in [4.78, 5) is 24.0. The summed E-state index contributed by atoms with van der Waals surface area (Å²) in [6.07, 6.45) is 2.19. The van der Waals surface area contributed by atoms with Crippen LogP contribution in [0.4, 0.5) is 11.4 Å². The van der Waals surface area contributed by atoms with Crippen LogP contribution < -0.4 is 11.1 Å². The molecule has 1 saturated carbocycles. The normalized spacial score (nSPS) is 15.4. The van der Waals surface area contributed by atoms with Crippen LogP contribution in [0.15, 0.2) is 18.2 Å². The molecule has 0 heterocycles. The molecule has 1 fully saturated rings. The first-order valence-electron chi connectivity index (χ1n) is 6.90. The van der Waals surface area contributed by atoms with Crippen molar-refractivity contribution >= 4 is 17.3 Å². The van der Waals surface area contributed by atoms with Gasteiger partial charge in [0.2, 0.25) is 0 Å². The zero-order chi connectivity index (χ0) is 15.6. The Labute approximate surface area is 123 Å². The van der Waals surface area contributed by atoms with Crippen LogP contribution in [-0.4, -0.2) is 42.4 Å². The fourth-order valence-corrected chi connectivity index (χ4v) is 2.26. The van der Waals surface area contributed by atoms with Gasteiger partial charge in [-0.2, -0.15) is 0 Å². The van der Waals surface area contributed by atoms with Crippen LogP contribution in [0, 0.1) is 16.0 Å². The third kappa shape index (κ3) is 3.49. The number of nitrogens with two attached hydrogens (primary N) is 1. The Bertz CT molecular complexity index is 555. The largest absolute Gasteiger partial charge is 0.375 e. The molecule has 1 aromatic carbocycles. The maximum absolute atomic E-state index is 11.9. The summed E-state index contributed by atoms with van der Waals surface area (Å²) in [5.41, 5.74) is 6.33. The number of nitro benzene ring substituents is 1. The molecule has 1 aliphatic carbocycles. The number of carbonyl (C=O) groups excluding carboxylic acids is 1. The minimum absolute atomic E-state index is 0.0408. The molecule has 0 aliphatic heterocycles. The molecule has 21 heavy (non-hydrogen) atoms. The topological polar surface area (TPSA) is 102 Å². The molecule has 0 spiro atoms. The number of rotatable bonds is 6. The summed E-state index contributed by atoms with van der Waals surface area (Å²) in [7, 11) is 3.22. The highest BCUT2D eigenvalue weighted by atomic mass is 16.6. The molecule has 0 radical (unpaired) electrons. The van der Waals surface area contributed by atoms with Crippen molar-refractivity contribution in [1.82, 2.24) is 4.90 Å². The van der Waals surface area contributed by atoms with Crippen molar-refractivity contribution in [3.8, 4) is 0 Å². The molecule has 0 saturated heterocycles. The van der Waals surface area contributed by atoms with Crippen LogP contribution in [0.2, 0.25) is 0 Å². The van der Waals surface area contributed by atoms with Gasteiger partial charge in [0.1, 0.15) is 5.69 Å². The van der Waals surface area contributed by atoms with Gasteiger partial charge >= 0.3 is 0 Å². The fraction of sp³-hybridized carbons (Fsp3) is 0.500. The Morgan fingerprint density at radius 3 is 2.67 bits per heavy atom. The van der Waals surface area contributed by atoms with Gasteiger partial charge in [0, 0.05) is 38.3 Å². The molecule has 0 bridgehead atoms. The standard InChI is InChI=1S/C14H20N4O3/c1-17(2)14(19)10-5-6-11(13(7-10)18(20)21)16-12(8-15)9-3-4-9/h5-7,9,12,16H,3-4,8,15H2,1-2H3. The molecule has 7 heteroatoms. The molecule has 114 valence electrons. The van der Waals surface area contributed by atoms with Crippen LogP contribution in [0.1, 0.15) is 23.2 Å². The summed E-state index contributed by atoms with van der Waals surface area (Å²) in [5.74, 6) is 0.222. The van der Waals surface area contributed by atoms with Gasteiger partial charge in [0.15, 0.2) is 0 Å². The predicted octanol–water partition coefficient (Wildman–Crippen LogP) is 1.45. The third-order valence-electron chi connectivity index (χ3n) is 3.63. The van der Waals surface area contributed by atoms with E-state index >= 15 is 0 Å². The van der Waals surface area contributed by atoms with E-state index in [0.717, 1.165) is 12.8 Å². The van der Waals surface area contributed by atoms with Crippen LogP contribution in [0.5, 0.6) is 0 Å². The van der Waals surface area contributed by atoms with Crippen LogP contribution in [-0.2, 0) is 0 Å². The maximum Gasteiger partial charge on any atom is 0.293 e. The van der Waals surface area contributed by atoms with E-state index in [-0.39, 0.29) is 17.6 Å². The quantitative estimate of drug-likeness (QED) is 0.610. The van der Waals surface area contributed by atoms with Crippen LogP contribution in [0.25, 0.3) is 0 Å². The molecule has 1 aromatic rings. The second kappa shape index (κ2) is 6.09. The number of hydrogen-bond acceptors (Lipinski definition) is 5. The number of anilines is 1. The highest BCUT2D eigenvalue weighted by Gasteiger charge is 2.31. The molecule has 7 nitrogen and oxygen atoms in total. The van der Waals surface area contributed by atoms with Gasteiger partial charge in [-0.3, -0.25) is 14.9 Å². The van der Waals surface area contributed by atoms with Crippen molar-refractivity contribution in [2.24, 2.45) is 11.7 Å². The van der Waals surface area contributed by atoms with Crippen molar-refractivity contribution in [2.45, 2.75) is 18.9 Å². The van der Waals surface area contributed by atoms with Gasteiger partial charge in [-0.25, -0.2) is 0 Å². The number of carbonyl (C=O) groups is 1. The average Bonchev–Trinajstić information content (AvgIpc) is 3.28. The zero-order valence-corrected chi connectivity index (χ0v) is 12.2. The van der Waals surface area contributed by atoms with Gasteiger partial charge in [0.05, 0.1) is 4.92 Å². The average molecular weight is 292 g/mol. The number of hydrogen-bond donors (Lipinski definition) is 2. The van der Waals surface area contributed by atoms with Crippen LogP contribution in [0.3, 0.4) is 0 Å². The van der Waals surface area contributed by atoms with Crippen molar-refractivity contribution < 1.29 is 9.72 Å². The summed E-state index contributed by atoms with van der Waals surface area (Å²) in [6, 6.07) is 4.53. The van der Waals surface area contributed by atoms with Gasteiger partial charge in [-0.15, -0.1) is 0 Å². The number of nitrogens with zero attached hydrogens (tertiary/aromatic N) is 2. The Morgan fingerprint density at radius 1 is 1.52 bits per heavy atom. The first kappa shape index (κ1) is 15.2. The molecule has 1 atom stereocenters. The maximum atomic E-state index is 11.9. The van der Waals surface area contributed by atoms with E-state index < -0.39 is 4.92 Å². The Hall–Kier alpha value is -2.15. The SMILES string of the molecule is CN(C)C(=O)c1ccc(NC(CN)C2CC2)c([N+](=O)[O-])c1. The lowest BCUT2D eigenvalue weighted by atomic mass is 10.1. The molecular formula is C14H20N4O3. The summed E-state index contributed by atoms with van der Waals surface area (Å²) < 4.78 is 0. The number of nitro groups is 1. The lowest BCUT2D eigenvalue weighted by molar-refractivity contribution is -0.384. The summed E-state index contributed by atoms with van der Waals surface area (Å²) >= 11 is 0. The Kier molecular flexibility index (Phi) is 4.42. The van der Waals surface area contributed by atoms with E-state index in [1.807, 2.05) is 0 Å². The van der Waals surface area contributed by atoms with E-state index in [1.54, 1.807) is 26.2 Å². The third-order valence-corrected chi connectivity index (χ3v) is 3.63. The zero-order valence-electron chi connectivity index (χ0n) is 12.2. The molecule has 1 amide bonds. The predicted molar refractivity (Wildman–Crippen MR) is 80.3 cm³/mol. The Morgan fingerprint density at radius 2 is 2.19 bits per heavy atom. The second-order valence-electron chi connectivity index (χ2n) is 5.51. The highest BCUT2D eigenvalue weighted by Crippen LogP contribution is 2.35. The van der Waals surface area contributed by atoms with Gasteiger partial charge in [-0.05, 0) is 30.9 Å². The van der Waals surface area contributed by atoms with Crippen molar-refractivity contribution in [2.75, 3.05) is 26.0 Å². The first-order valence-corrected chi connectivity index (χ1v) is 6.90. The molecule has 1 unspecified atom stereocenters. The van der Waals surface area contributed by atoms with E-state index in [1.165, 1.54) is 11.0 Å². The first-order chi connectivity index (χ1) is 9.93. The van der Waals surface area contributed by atoms with Crippen molar-refractivity contribution in [3.63, 3.8) is 0 Å². The summed E-state index contributed by atoms with van der Waals surface area (Å²) in [5, 5.41) is 14.4. The number of amides is 1. The lowest BCUT2D eigenvalue weighted by Gasteiger charge is -2.18. The molecule has 0 aromatic heterocycles. The van der Waals surface area contributed by atoms with Gasteiger partial charge in [0.25, 0.3) is 11.6 Å². The fourth-order valence-electron chi connectivity index (χ4n) is 2.26. The van der Waals surface area contributed by atoms with Crippen molar-refractivity contribution in [1.29, 1.82) is 0 Å². The highest BCUT2D eigenvalue weighted by molar-refractivity contribution is 5.95.